The average molecular weight is 469 g/mol. The van der Waals surface area contributed by atoms with Gasteiger partial charge in [0, 0.05) is 12.5 Å². The maximum absolute atomic E-state index is 12.8. The molecule has 0 bridgehead atoms. The Balaban J connectivity index is 1.69. The molecule has 0 aliphatic rings. The Hall–Kier alpha value is -3.91. The van der Waals surface area contributed by atoms with Gasteiger partial charge in [0.1, 0.15) is 24.3 Å². The first kappa shape index (κ1) is 23.7. The molecular weight excluding hydrogens is 448 g/mol. The third kappa shape index (κ3) is 7.33. The lowest BCUT2D eigenvalue weighted by Crippen LogP contribution is -2.43. The lowest BCUT2D eigenvalue weighted by molar-refractivity contribution is -0.384. The first-order valence-electron chi connectivity index (χ1n) is 10.0. The van der Waals surface area contributed by atoms with Crippen molar-refractivity contribution in [1.29, 1.82) is 0 Å². The highest BCUT2D eigenvalue weighted by molar-refractivity contribution is 6.32. The summed E-state index contributed by atoms with van der Waals surface area (Å²) in [4.78, 5) is 35.5. The van der Waals surface area contributed by atoms with Gasteiger partial charge in [-0.15, -0.1) is 0 Å². The van der Waals surface area contributed by atoms with Crippen LogP contribution >= 0.6 is 11.6 Å². The molecular formula is C24H21ClN2O6. The summed E-state index contributed by atoms with van der Waals surface area (Å²) >= 11 is 5.98. The van der Waals surface area contributed by atoms with E-state index in [1.165, 1.54) is 18.2 Å². The van der Waals surface area contributed by atoms with E-state index in [0.29, 0.717) is 5.56 Å². The topological polar surface area (TPSA) is 108 Å². The molecule has 0 saturated carbocycles. The van der Waals surface area contributed by atoms with Crippen LogP contribution in [-0.4, -0.2) is 23.0 Å². The van der Waals surface area contributed by atoms with Gasteiger partial charge in [0.25, 0.3) is 5.69 Å². The summed E-state index contributed by atoms with van der Waals surface area (Å²) in [5, 5.41) is 13.4. The lowest BCUT2D eigenvalue weighted by atomic mass is 10.1. The zero-order valence-electron chi connectivity index (χ0n) is 17.5. The van der Waals surface area contributed by atoms with Gasteiger partial charge < -0.3 is 14.8 Å². The van der Waals surface area contributed by atoms with Crippen LogP contribution in [0.15, 0.2) is 78.9 Å². The van der Waals surface area contributed by atoms with Crippen LogP contribution in [0.5, 0.6) is 0 Å². The number of carbonyl (C=O) groups excluding carboxylic acids is 2. The Morgan fingerprint density at radius 3 is 2.00 bits per heavy atom. The minimum Gasteiger partial charge on any atom is -0.459 e. The van der Waals surface area contributed by atoms with Crippen LogP contribution < -0.4 is 5.32 Å². The van der Waals surface area contributed by atoms with Crippen LogP contribution in [0.2, 0.25) is 5.02 Å². The summed E-state index contributed by atoms with van der Waals surface area (Å²) < 4.78 is 10.6. The first-order valence-corrected chi connectivity index (χ1v) is 10.4. The fourth-order valence-electron chi connectivity index (χ4n) is 2.99. The normalized spacial score (nSPS) is 11.3. The smallest absolute Gasteiger partial charge is 0.408 e. The van der Waals surface area contributed by atoms with E-state index in [4.69, 9.17) is 21.1 Å². The molecule has 1 amide bonds. The second-order valence-corrected chi connectivity index (χ2v) is 7.51. The molecule has 0 fully saturated rings. The number of hydrogen-bond acceptors (Lipinski definition) is 6. The third-order valence-electron chi connectivity index (χ3n) is 4.66. The van der Waals surface area contributed by atoms with Gasteiger partial charge in [-0.05, 0) is 22.8 Å². The number of alkyl carbamates (subject to hydrolysis) is 1. The van der Waals surface area contributed by atoms with Crippen LogP contribution in [-0.2, 0) is 33.9 Å². The Kier molecular flexibility index (Phi) is 8.37. The van der Waals surface area contributed by atoms with Crippen molar-refractivity contribution in [2.45, 2.75) is 25.7 Å². The lowest BCUT2D eigenvalue weighted by Gasteiger charge is -2.18. The summed E-state index contributed by atoms with van der Waals surface area (Å²) in [5.74, 6) is -0.676. The standard InChI is InChI=1S/C24H21ClN2O6/c25-20-13-19(11-12-22(20)27(30)31)14-21(23(28)32-15-17-7-3-1-4-8-17)26-24(29)33-16-18-9-5-2-6-10-18/h1-13,21H,14-16H2,(H,26,29). The summed E-state index contributed by atoms with van der Waals surface area (Å²) in [6, 6.07) is 21.2. The molecule has 3 rings (SSSR count). The molecule has 3 aromatic rings. The van der Waals surface area contributed by atoms with E-state index in [2.05, 4.69) is 5.32 Å². The zero-order valence-corrected chi connectivity index (χ0v) is 18.2. The Bertz CT molecular complexity index is 1110. The highest BCUT2D eigenvalue weighted by atomic mass is 35.5. The Morgan fingerprint density at radius 2 is 1.45 bits per heavy atom. The monoisotopic (exact) mass is 468 g/mol. The number of hydrogen-bond donors (Lipinski definition) is 1. The molecule has 8 nitrogen and oxygen atoms in total. The molecule has 9 heteroatoms. The van der Waals surface area contributed by atoms with E-state index < -0.39 is 23.0 Å². The molecule has 3 aromatic carbocycles. The number of carbonyl (C=O) groups is 2. The molecule has 0 spiro atoms. The molecule has 0 saturated heterocycles. The van der Waals surface area contributed by atoms with Gasteiger partial charge >= 0.3 is 12.1 Å². The predicted octanol–water partition coefficient (Wildman–Crippen LogP) is 4.83. The average Bonchev–Trinajstić information content (AvgIpc) is 2.82. The van der Waals surface area contributed by atoms with E-state index in [0.717, 1.165) is 11.1 Å². The highest BCUT2D eigenvalue weighted by Crippen LogP contribution is 2.25. The van der Waals surface area contributed by atoms with E-state index in [1.54, 1.807) is 24.3 Å². The van der Waals surface area contributed by atoms with Gasteiger partial charge in [0.05, 0.1) is 4.92 Å². The van der Waals surface area contributed by atoms with E-state index in [9.17, 15) is 19.7 Å². The van der Waals surface area contributed by atoms with Gasteiger partial charge in [0.15, 0.2) is 0 Å². The molecule has 0 aliphatic heterocycles. The van der Waals surface area contributed by atoms with Crippen molar-refractivity contribution in [3.63, 3.8) is 0 Å². The largest absolute Gasteiger partial charge is 0.459 e. The van der Waals surface area contributed by atoms with E-state index in [-0.39, 0.29) is 30.3 Å². The van der Waals surface area contributed by atoms with Crippen LogP contribution in [0, 0.1) is 10.1 Å². The maximum Gasteiger partial charge on any atom is 0.408 e. The Morgan fingerprint density at radius 1 is 0.879 bits per heavy atom. The maximum atomic E-state index is 12.8. The molecule has 0 aliphatic carbocycles. The number of nitrogens with zero attached hydrogens (tertiary/aromatic N) is 1. The van der Waals surface area contributed by atoms with Crippen molar-refractivity contribution >= 4 is 29.4 Å². The fraction of sp³-hybridized carbons (Fsp3) is 0.167. The molecule has 0 radical (unpaired) electrons. The van der Waals surface area contributed by atoms with Crippen molar-refractivity contribution < 1.29 is 24.0 Å². The minimum atomic E-state index is -1.09. The van der Waals surface area contributed by atoms with Crippen molar-refractivity contribution in [1.82, 2.24) is 5.32 Å². The molecule has 170 valence electrons. The quantitative estimate of drug-likeness (QED) is 0.274. The van der Waals surface area contributed by atoms with E-state index in [1.807, 2.05) is 36.4 Å². The summed E-state index contributed by atoms with van der Waals surface area (Å²) in [7, 11) is 0. The van der Waals surface area contributed by atoms with Gasteiger partial charge in [-0.2, -0.15) is 0 Å². The second-order valence-electron chi connectivity index (χ2n) is 7.10. The highest BCUT2D eigenvalue weighted by Gasteiger charge is 2.25. The number of rotatable bonds is 9. The van der Waals surface area contributed by atoms with Crippen molar-refractivity contribution in [2.75, 3.05) is 0 Å². The summed E-state index contributed by atoms with van der Waals surface area (Å²) in [6.45, 7) is 0.0553. The Labute approximate surface area is 195 Å². The number of halogens is 1. The van der Waals surface area contributed by atoms with Gasteiger partial charge in [-0.3, -0.25) is 10.1 Å². The van der Waals surface area contributed by atoms with Crippen LogP contribution in [0.25, 0.3) is 0 Å². The van der Waals surface area contributed by atoms with Gasteiger partial charge in [-0.1, -0.05) is 78.3 Å². The molecule has 0 heterocycles. The van der Waals surface area contributed by atoms with Crippen LogP contribution in [0.3, 0.4) is 0 Å². The zero-order chi connectivity index (χ0) is 23.6. The number of nitro groups is 1. The predicted molar refractivity (Wildman–Crippen MR) is 122 cm³/mol. The van der Waals surface area contributed by atoms with Gasteiger partial charge in [-0.25, -0.2) is 9.59 Å². The molecule has 33 heavy (non-hydrogen) atoms. The number of esters is 1. The third-order valence-corrected chi connectivity index (χ3v) is 4.96. The number of ether oxygens (including phenoxy) is 2. The second kappa shape index (κ2) is 11.6. The molecule has 1 unspecified atom stereocenters. The van der Waals surface area contributed by atoms with Crippen LogP contribution in [0.4, 0.5) is 10.5 Å². The number of amides is 1. The molecule has 1 N–H and O–H groups in total. The fourth-order valence-corrected chi connectivity index (χ4v) is 3.26. The van der Waals surface area contributed by atoms with Crippen molar-refractivity contribution in [3.8, 4) is 0 Å². The van der Waals surface area contributed by atoms with Crippen molar-refractivity contribution in [2.24, 2.45) is 0 Å². The van der Waals surface area contributed by atoms with Gasteiger partial charge in [0.2, 0.25) is 0 Å². The SMILES string of the molecule is O=C(NC(Cc1ccc([N+](=O)[O-])c(Cl)c1)C(=O)OCc1ccccc1)OCc1ccccc1. The number of benzene rings is 3. The summed E-state index contributed by atoms with van der Waals surface area (Å²) in [5.41, 5.74) is 1.84. The number of nitro benzene ring substituents is 1. The summed E-state index contributed by atoms with van der Waals surface area (Å²) in [6.07, 6.45) is -0.792. The number of nitrogens with one attached hydrogen (secondary N) is 1. The van der Waals surface area contributed by atoms with Crippen molar-refractivity contribution in [3.05, 3.63) is 111 Å². The first-order chi connectivity index (χ1) is 15.9. The van der Waals surface area contributed by atoms with Crippen LogP contribution in [0.1, 0.15) is 16.7 Å². The minimum absolute atomic E-state index is 0.00573. The van der Waals surface area contributed by atoms with E-state index >= 15 is 0 Å². The molecule has 1 atom stereocenters. The molecule has 0 aromatic heterocycles.